The van der Waals surface area contributed by atoms with Crippen molar-refractivity contribution in [2.45, 2.75) is 32.1 Å². The first-order valence-electron chi connectivity index (χ1n) is 8.14. The minimum atomic E-state index is -3.41. The molecule has 0 spiro atoms. The summed E-state index contributed by atoms with van der Waals surface area (Å²) in [7, 11) is -3.41. The second kappa shape index (κ2) is 7.70. The summed E-state index contributed by atoms with van der Waals surface area (Å²) in [5, 5.41) is 5.54. The van der Waals surface area contributed by atoms with E-state index in [9.17, 15) is 18.0 Å². The average Bonchev–Trinajstić information content (AvgIpc) is 2.57. The number of aryl methyl sites for hydroxylation is 2. The number of rotatable bonds is 5. The zero-order valence-corrected chi connectivity index (χ0v) is 16.0. The highest BCUT2D eigenvalue weighted by Gasteiger charge is 2.15. The third kappa shape index (κ3) is 4.70. The summed E-state index contributed by atoms with van der Waals surface area (Å²) >= 11 is 0. The zero-order chi connectivity index (χ0) is 19.5. The Kier molecular flexibility index (Phi) is 5.82. The Morgan fingerprint density at radius 1 is 0.962 bits per heavy atom. The van der Waals surface area contributed by atoms with Crippen LogP contribution < -0.4 is 10.6 Å². The van der Waals surface area contributed by atoms with Crippen LogP contribution in [0.4, 0.5) is 11.4 Å². The smallest absolute Gasteiger partial charge is 0.255 e. The number of sulfone groups is 1. The van der Waals surface area contributed by atoms with Crippen LogP contribution >= 0.6 is 0 Å². The van der Waals surface area contributed by atoms with Crippen LogP contribution in [0.15, 0.2) is 41.3 Å². The molecule has 0 saturated carbocycles. The van der Waals surface area contributed by atoms with Crippen molar-refractivity contribution < 1.29 is 18.0 Å². The lowest BCUT2D eigenvalue weighted by atomic mass is 10.1. The molecule has 0 atom stereocenters. The Morgan fingerprint density at radius 2 is 1.62 bits per heavy atom. The molecular weight excluding hydrogens is 352 g/mol. The molecule has 0 aromatic heterocycles. The molecule has 2 amide bonds. The highest BCUT2D eigenvalue weighted by Crippen LogP contribution is 2.23. The van der Waals surface area contributed by atoms with Gasteiger partial charge < -0.3 is 10.6 Å². The Morgan fingerprint density at radius 3 is 2.23 bits per heavy atom. The summed E-state index contributed by atoms with van der Waals surface area (Å²) in [5.74, 6) is -0.530. The van der Waals surface area contributed by atoms with Gasteiger partial charge in [0.2, 0.25) is 5.91 Å². The van der Waals surface area contributed by atoms with Crippen LogP contribution in [0.25, 0.3) is 0 Å². The van der Waals surface area contributed by atoms with E-state index in [1.54, 1.807) is 38.1 Å². The molecule has 26 heavy (non-hydrogen) atoms. The third-order valence-electron chi connectivity index (χ3n) is 3.97. The quantitative estimate of drug-likeness (QED) is 0.840. The molecule has 0 radical (unpaired) electrons. The van der Waals surface area contributed by atoms with E-state index in [4.69, 9.17) is 0 Å². The van der Waals surface area contributed by atoms with E-state index in [-0.39, 0.29) is 16.4 Å². The van der Waals surface area contributed by atoms with Crippen LogP contribution in [0, 0.1) is 13.8 Å². The molecule has 2 aromatic rings. The van der Waals surface area contributed by atoms with Gasteiger partial charge >= 0.3 is 0 Å². The summed E-state index contributed by atoms with van der Waals surface area (Å²) in [6.45, 7) is 5.33. The number of benzene rings is 2. The highest BCUT2D eigenvalue weighted by atomic mass is 32.2. The molecule has 0 unspecified atom stereocenters. The predicted octanol–water partition coefficient (Wildman–Crippen LogP) is 3.31. The van der Waals surface area contributed by atoms with Crippen molar-refractivity contribution in [3.8, 4) is 0 Å². The molecule has 0 fully saturated rings. The SMILES string of the molecule is CCC(=O)Nc1ccc(C)c(NC(=O)c2cc(S(C)(=O)=O)ccc2C)c1. The van der Waals surface area contributed by atoms with Crippen LogP contribution in [-0.2, 0) is 14.6 Å². The molecule has 7 heteroatoms. The third-order valence-corrected chi connectivity index (χ3v) is 5.08. The van der Waals surface area contributed by atoms with E-state index < -0.39 is 15.7 Å². The first-order chi connectivity index (χ1) is 12.1. The highest BCUT2D eigenvalue weighted by molar-refractivity contribution is 7.90. The topological polar surface area (TPSA) is 92.3 Å². The zero-order valence-electron chi connectivity index (χ0n) is 15.2. The minimum Gasteiger partial charge on any atom is -0.326 e. The second-order valence-corrected chi connectivity index (χ2v) is 8.15. The van der Waals surface area contributed by atoms with E-state index in [2.05, 4.69) is 10.6 Å². The maximum absolute atomic E-state index is 12.7. The van der Waals surface area contributed by atoms with Gasteiger partial charge in [0.1, 0.15) is 0 Å². The minimum absolute atomic E-state index is 0.0916. The Balaban J connectivity index is 2.33. The number of hydrogen-bond donors (Lipinski definition) is 2. The number of anilines is 2. The Hall–Kier alpha value is -2.67. The number of carbonyl (C=O) groups is 2. The van der Waals surface area contributed by atoms with Crippen molar-refractivity contribution in [1.29, 1.82) is 0 Å². The van der Waals surface area contributed by atoms with Gasteiger partial charge in [-0.05, 0) is 49.2 Å². The molecule has 0 bridgehead atoms. The summed E-state index contributed by atoms with van der Waals surface area (Å²) in [6, 6.07) is 9.69. The summed E-state index contributed by atoms with van der Waals surface area (Å²) in [6.07, 6.45) is 1.45. The molecular formula is C19H22N2O4S. The van der Waals surface area contributed by atoms with Crippen molar-refractivity contribution in [2.75, 3.05) is 16.9 Å². The van der Waals surface area contributed by atoms with Gasteiger partial charge in [-0.25, -0.2) is 8.42 Å². The van der Waals surface area contributed by atoms with Crippen LogP contribution in [0.5, 0.6) is 0 Å². The molecule has 0 saturated heterocycles. The standard InChI is InChI=1S/C19H22N2O4S/c1-5-18(22)20-14-8-6-13(3)17(10-14)21-19(23)16-11-15(26(4,24)25)9-7-12(16)2/h6-11H,5H2,1-4H3,(H,20,22)(H,21,23). The van der Waals surface area contributed by atoms with Gasteiger partial charge in [0.05, 0.1) is 4.90 Å². The lowest BCUT2D eigenvalue weighted by Gasteiger charge is -2.13. The summed E-state index contributed by atoms with van der Waals surface area (Å²) in [5.41, 5.74) is 2.91. The lowest BCUT2D eigenvalue weighted by Crippen LogP contribution is -2.16. The van der Waals surface area contributed by atoms with Crippen LogP contribution in [-0.4, -0.2) is 26.5 Å². The molecule has 2 rings (SSSR count). The summed E-state index contributed by atoms with van der Waals surface area (Å²) < 4.78 is 23.5. The maximum Gasteiger partial charge on any atom is 0.255 e. The van der Waals surface area contributed by atoms with Crippen molar-refractivity contribution in [2.24, 2.45) is 0 Å². The van der Waals surface area contributed by atoms with E-state index in [0.717, 1.165) is 11.8 Å². The van der Waals surface area contributed by atoms with Gasteiger partial charge in [-0.2, -0.15) is 0 Å². The van der Waals surface area contributed by atoms with E-state index in [0.29, 0.717) is 23.4 Å². The van der Waals surface area contributed by atoms with Gasteiger partial charge in [-0.15, -0.1) is 0 Å². The van der Waals surface area contributed by atoms with E-state index >= 15 is 0 Å². The van der Waals surface area contributed by atoms with Gasteiger partial charge in [0.15, 0.2) is 9.84 Å². The fourth-order valence-corrected chi connectivity index (χ4v) is 3.00. The fraction of sp³-hybridized carbons (Fsp3) is 0.263. The first kappa shape index (κ1) is 19.7. The Bertz CT molecular complexity index is 965. The van der Waals surface area contributed by atoms with Gasteiger partial charge in [-0.1, -0.05) is 19.1 Å². The molecule has 138 valence electrons. The van der Waals surface area contributed by atoms with Crippen molar-refractivity contribution in [3.63, 3.8) is 0 Å². The largest absolute Gasteiger partial charge is 0.326 e. The van der Waals surface area contributed by atoms with Crippen LogP contribution in [0.2, 0.25) is 0 Å². The van der Waals surface area contributed by atoms with Crippen LogP contribution in [0.1, 0.15) is 34.8 Å². The molecule has 0 aliphatic carbocycles. The normalized spacial score (nSPS) is 11.1. The number of carbonyl (C=O) groups excluding carboxylic acids is 2. The second-order valence-electron chi connectivity index (χ2n) is 6.13. The van der Waals surface area contributed by atoms with Gasteiger partial charge in [0.25, 0.3) is 5.91 Å². The number of amides is 2. The summed E-state index contributed by atoms with van der Waals surface area (Å²) in [4.78, 5) is 24.3. The number of nitrogens with one attached hydrogen (secondary N) is 2. The predicted molar refractivity (Wildman–Crippen MR) is 102 cm³/mol. The van der Waals surface area contributed by atoms with Crippen molar-refractivity contribution >= 4 is 33.0 Å². The molecule has 0 heterocycles. The van der Waals surface area contributed by atoms with Crippen LogP contribution in [0.3, 0.4) is 0 Å². The molecule has 6 nitrogen and oxygen atoms in total. The number of hydrogen-bond acceptors (Lipinski definition) is 4. The molecule has 0 aliphatic heterocycles. The molecule has 0 aliphatic rings. The van der Waals surface area contributed by atoms with E-state index in [1.807, 2.05) is 6.92 Å². The lowest BCUT2D eigenvalue weighted by molar-refractivity contribution is -0.115. The fourth-order valence-electron chi connectivity index (χ4n) is 2.35. The Labute approximate surface area is 153 Å². The monoisotopic (exact) mass is 374 g/mol. The molecule has 2 N–H and O–H groups in total. The van der Waals surface area contributed by atoms with Gasteiger partial charge in [0, 0.05) is 29.6 Å². The first-order valence-corrected chi connectivity index (χ1v) is 10.0. The van der Waals surface area contributed by atoms with Crippen molar-refractivity contribution in [1.82, 2.24) is 0 Å². The van der Waals surface area contributed by atoms with E-state index in [1.165, 1.54) is 12.1 Å². The molecule has 2 aromatic carbocycles. The van der Waals surface area contributed by atoms with Gasteiger partial charge in [-0.3, -0.25) is 9.59 Å². The average molecular weight is 374 g/mol. The van der Waals surface area contributed by atoms with Crippen molar-refractivity contribution in [3.05, 3.63) is 53.1 Å². The maximum atomic E-state index is 12.7.